The Hall–Kier alpha value is -0.120. The average molecular weight is 254 g/mol. The van der Waals surface area contributed by atoms with E-state index in [-0.39, 0.29) is 5.60 Å². The van der Waals surface area contributed by atoms with Crippen LogP contribution in [0.5, 0.6) is 0 Å². The highest BCUT2D eigenvalue weighted by molar-refractivity contribution is 4.91. The first-order valence-electron chi connectivity index (χ1n) is 7.88. The number of nitrogens with zero attached hydrogens (tertiary/aromatic N) is 1. The molecular weight excluding hydrogens is 224 g/mol. The van der Waals surface area contributed by atoms with Crippen molar-refractivity contribution >= 4 is 0 Å². The van der Waals surface area contributed by atoms with Crippen LogP contribution in [0.1, 0.15) is 52.4 Å². The van der Waals surface area contributed by atoms with Gasteiger partial charge in [-0.2, -0.15) is 0 Å². The van der Waals surface area contributed by atoms with E-state index in [1.54, 1.807) is 0 Å². The van der Waals surface area contributed by atoms with Gasteiger partial charge in [0.25, 0.3) is 0 Å². The van der Waals surface area contributed by atoms with Gasteiger partial charge < -0.3 is 15.0 Å². The van der Waals surface area contributed by atoms with Crippen molar-refractivity contribution in [2.24, 2.45) is 0 Å². The van der Waals surface area contributed by atoms with Crippen molar-refractivity contribution < 1.29 is 4.74 Å². The summed E-state index contributed by atoms with van der Waals surface area (Å²) >= 11 is 0. The van der Waals surface area contributed by atoms with Crippen LogP contribution in [0.25, 0.3) is 0 Å². The van der Waals surface area contributed by atoms with E-state index >= 15 is 0 Å². The summed E-state index contributed by atoms with van der Waals surface area (Å²) in [6.45, 7) is 9.86. The lowest BCUT2D eigenvalue weighted by Gasteiger charge is -2.42. The second-order valence-electron chi connectivity index (χ2n) is 5.89. The quantitative estimate of drug-likeness (QED) is 0.648. The smallest absolute Gasteiger partial charge is 0.0695 e. The molecule has 0 saturated heterocycles. The Morgan fingerprint density at radius 3 is 2.44 bits per heavy atom. The summed E-state index contributed by atoms with van der Waals surface area (Å²) in [6.07, 6.45) is 7.89. The van der Waals surface area contributed by atoms with Crippen LogP contribution in [0, 0.1) is 0 Å². The van der Waals surface area contributed by atoms with E-state index in [2.05, 4.69) is 24.1 Å². The first-order valence-corrected chi connectivity index (χ1v) is 7.88. The number of hydrogen-bond donors (Lipinski definition) is 1. The monoisotopic (exact) mass is 254 g/mol. The molecule has 0 spiro atoms. The summed E-state index contributed by atoms with van der Waals surface area (Å²) in [6, 6.07) is 0.831. The van der Waals surface area contributed by atoms with E-state index in [0.29, 0.717) is 0 Å². The summed E-state index contributed by atoms with van der Waals surface area (Å²) in [5.74, 6) is 0. The largest absolute Gasteiger partial charge is 0.374 e. The Balaban J connectivity index is 1.60. The Morgan fingerprint density at radius 1 is 1.22 bits per heavy atom. The topological polar surface area (TPSA) is 24.5 Å². The number of ether oxygens (including phenoxy) is 1. The highest BCUT2D eigenvalue weighted by atomic mass is 16.5. The molecule has 2 aliphatic carbocycles. The number of hydrogen-bond acceptors (Lipinski definition) is 3. The highest BCUT2D eigenvalue weighted by Crippen LogP contribution is 2.38. The number of nitrogens with one attached hydrogen (secondary N) is 1. The zero-order chi connectivity index (χ0) is 12.8. The van der Waals surface area contributed by atoms with E-state index < -0.39 is 0 Å². The van der Waals surface area contributed by atoms with Crippen molar-refractivity contribution in [1.29, 1.82) is 0 Å². The van der Waals surface area contributed by atoms with Crippen LogP contribution in [0.2, 0.25) is 0 Å². The summed E-state index contributed by atoms with van der Waals surface area (Å²) in [5, 5.41) is 3.61. The van der Waals surface area contributed by atoms with Gasteiger partial charge >= 0.3 is 0 Å². The summed E-state index contributed by atoms with van der Waals surface area (Å²) in [7, 11) is 0. The maximum absolute atomic E-state index is 6.22. The normalized spacial score (nSPS) is 22.2. The van der Waals surface area contributed by atoms with E-state index in [0.717, 1.165) is 38.8 Å². The molecule has 0 radical (unpaired) electrons. The Labute approximate surface area is 112 Å². The highest BCUT2D eigenvalue weighted by Gasteiger charge is 2.37. The molecule has 0 aromatic rings. The molecule has 0 aromatic heterocycles. The predicted octanol–water partition coefficient (Wildman–Crippen LogP) is 2.41. The lowest BCUT2D eigenvalue weighted by atomic mass is 9.77. The van der Waals surface area contributed by atoms with Crippen LogP contribution in [0.4, 0.5) is 0 Å². The average Bonchev–Trinajstić information content (AvgIpc) is 3.14. The first-order chi connectivity index (χ1) is 8.78. The van der Waals surface area contributed by atoms with Gasteiger partial charge in [0, 0.05) is 12.6 Å². The van der Waals surface area contributed by atoms with Gasteiger partial charge in [0.2, 0.25) is 0 Å². The molecule has 2 aliphatic rings. The van der Waals surface area contributed by atoms with Crippen LogP contribution in [0.15, 0.2) is 0 Å². The van der Waals surface area contributed by atoms with Gasteiger partial charge in [0.05, 0.1) is 12.2 Å². The minimum Gasteiger partial charge on any atom is -0.374 e. The second kappa shape index (κ2) is 6.88. The second-order valence-corrected chi connectivity index (χ2v) is 5.89. The Bertz CT molecular complexity index is 233. The summed E-state index contributed by atoms with van der Waals surface area (Å²) < 4.78 is 6.22. The number of rotatable bonds is 10. The molecule has 0 aromatic carbocycles. The summed E-state index contributed by atoms with van der Waals surface area (Å²) in [4.78, 5) is 2.44. The molecule has 0 aliphatic heterocycles. The van der Waals surface area contributed by atoms with Gasteiger partial charge in [0.1, 0.15) is 0 Å². The minimum atomic E-state index is 0.231. The fourth-order valence-electron chi connectivity index (χ4n) is 2.76. The van der Waals surface area contributed by atoms with E-state index in [9.17, 15) is 0 Å². The molecule has 1 N–H and O–H groups in total. The maximum atomic E-state index is 6.22. The van der Waals surface area contributed by atoms with E-state index in [4.69, 9.17) is 4.74 Å². The van der Waals surface area contributed by atoms with Gasteiger partial charge in [-0.05, 0) is 58.2 Å². The zero-order valence-electron chi connectivity index (χ0n) is 12.2. The molecule has 2 fully saturated rings. The van der Waals surface area contributed by atoms with Gasteiger partial charge in [-0.1, -0.05) is 13.8 Å². The van der Waals surface area contributed by atoms with Crippen molar-refractivity contribution in [3.63, 3.8) is 0 Å². The third-order valence-electron chi connectivity index (χ3n) is 4.57. The van der Waals surface area contributed by atoms with E-state index in [1.807, 2.05) is 0 Å². The molecule has 0 heterocycles. The molecule has 0 unspecified atom stereocenters. The third kappa shape index (κ3) is 4.22. The first kappa shape index (κ1) is 14.3. The van der Waals surface area contributed by atoms with Crippen LogP contribution in [-0.4, -0.2) is 49.3 Å². The predicted molar refractivity (Wildman–Crippen MR) is 76.0 cm³/mol. The zero-order valence-corrected chi connectivity index (χ0v) is 12.2. The fraction of sp³-hybridized carbons (Fsp3) is 1.00. The Kier molecular flexibility index (Phi) is 5.46. The molecule has 0 bridgehead atoms. The van der Waals surface area contributed by atoms with Gasteiger partial charge in [-0.25, -0.2) is 0 Å². The van der Waals surface area contributed by atoms with Gasteiger partial charge in [-0.3, -0.25) is 0 Å². The molecule has 106 valence electrons. The van der Waals surface area contributed by atoms with Crippen LogP contribution in [0.3, 0.4) is 0 Å². The lowest BCUT2D eigenvalue weighted by molar-refractivity contribution is -0.108. The molecule has 2 rings (SSSR count). The maximum Gasteiger partial charge on any atom is 0.0695 e. The molecular formula is C15H30N2O. The van der Waals surface area contributed by atoms with Gasteiger partial charge in [-0.15, -0.1) is 0 Å². The lowest BCUT2D eigenvalue weighted by Crippen LogP contribution is -2.44. The van der Waals surface area contributed by atoms with Crippen molar-refractivity contribution in [3.8, 4) is 0 Å². The van der Waals surface area contributed by atoms with E-state index in [1.165, 1.54) is 38.5 Å². The van der Waals surface area contributed by atoms with Gasteiger partial charge in [0.15, 0.2) is 0 Å². The van der Waals surface area contributed by atoms with Crippen LogP contribution >= 0.6 is 0 Å². The molecule has 3 heteroatoms. The molecule has 0 atom stereocenters. The van der Waals surface area contributed by atoms with Crippen molar-refractivity contribution in [2.45, 2.75) is 64.0 Å². The minimum absolute atomic E-state index is 0.231. The fourth-order valence-corrected chi connectivity index (χ4v) is 2.76. The van der Waals surface area contributed by atoms with Crippen molar-refractivity contribution in [2.75, 3.05) is 32.8 Å². The standard InChI is InChI=1S/C15H30N2O/c1-3-17(4-2)12-13-18-15(8-5-9-15)10-11-16-14-6-7-14/h14,16H,3-13H2,1-2H3. The van der Waals surface area contributed by atoms with Crippen LogP contribution < -0.4 is 5.32 Å². The molecule has 3 nitrogen and oxygen atoms in total. The molecule has 0 amide bonds. The van der Waals surface area contributed by atoms with Crippen LogP contribution in [-0.2, 0) is 4.74 Å². The van der Waals surface area contributed by atoms with Crippen molar-refractivity contribution in [3.05, 3.63) is 0 Å². The third-order valence-corrected chi connectivity index (χ3v) is 4.57. The Morgan fingerprint density at radius 2 is 1.94 bits per heavy atom. The molecule has 18 heavy (non-hydrogen) atoms. The van der Waals surface area contributed by atoms with Crippen molar-refractivity contribution in [1.82, 2.24) is 10.2 Å². The molecule has 2 saturated carbocycles. The SMILES string of the molecule is CCN(CC)CCOC1(CCNC2CC2)CCC1. The summed E-state index contributed by atoms with van der Waals surface area (Å²) in [5.41, 5.74) is 0.231. The number of likely N-dealkylation sites (N-methyl/N-ethyl adjacent to an activating group) is 1.